The van der Waals surface area contributed by atoms with Gasteiger partial charge in [-0.15, -0.1) is 0 Å². The lowest BCUT2D eigenvalue weighted by molar-refractivity contribution is -0.131. The number of rotatable bonds is 11. The monoisotopic (exact) mass is 539 g/mol. The predicted octanol–water partition coefficient (Wildman–Crippen LogP) is 6.91. The second kappa shape index (κ2) is 13.1. The maximum Gasteiger partial charge on any atom is 0.412 e. The van der Waals surface area contributed by atoms with Crippen LogP contribution in [-0.2, 0) is 9.53 Å². The Morgan fingerprint density at radius 2 is 1.55 bits per heavy atom. The molecule has 4 aromatic rings. The van der Waals surface area contributed by atoms with Gasteiger partial charge >= 0.3 is 12.1 Å². The molecule has 1 amide bonds. The SMILES string of the molecule is CC(=O)c1ccc(NC(=O)O[C@@H](c2ccc(O)c3ccccc23)[C@H](CC/C=C/C(=O)O)Oc2ccccc2)cc1. The van der Waals surface area contributed by atoms with E-state index < -0.39 is 24.3 Å². The normalized spacial score (nSPS) is 12.5. The zero-order valence-electron chi connectivity index (χ0n) is 21.8. The van der Waals surface area contributed by atoms with Crippen LogP contribution in [0.15, 0.2) is 103 Å². The van der Waals surface area contributed by atoms with Gasteiger partial charge in [0.25, 0.3) is 0 Å². The number of allylic oxidation sites excluding steroid dienone is 1. The first-order chi connectivity index (χ1) is 19.3. The van der Waals surface area contributed by atoms with Gasteiger partial charge in [-0.3, -0.25) is 10.1 Å². The number of amides is 1. The third kappa shape index (κ3) is 7.26. The molecule has 0 unspecified atom stereocenters. The molecule has 8 nitrogen and oxygen atoms in total. The number of aromatic hydroxyl groups is 1. The third-order valence-electron chi connectivity index (χ3n) is 6.26. The number of Topliss-reactive ketones (excluding diaryl/α,β-unsaturated/α-hetero) is 1. The van der Waals surface area contributed by atoms with E-state index in [9.17, 15) is 19.5 Å². The van der Waals surface area contributed by atoms with Crippen molar-refractivity contribution < 1.29 is 34.1 Å². The molecule has 40 heavy (non-hydrogen) atoms. The standard InChI is InChI=1S/C32H29NO7/c1-21(34)22-15-17-23(18-16-22)33-32(38)40-31(27-19-20-28(35)26-12-6-5-11-25(26)27)29(13-7-8-14-30(36)37)39-24-9-3-2-4-10-24/h2-6,8-12,14-20,29,31,35H,7,13H2,1H3,(H,33,38)(H,36,37)/b14-8+/t29-,31-/m0/s1. The van der Waals surface area contributed by atoms with Crippen LogP contribution in [0.1, 0.15) is 41.8 Å². The lowest BCUT2D eigenvalue weighted by Crippen LogP contribution is -2.31. The number of anilines is 1. The van der Waals surface area contributed by atoms with Crippen LogP contribution >= 0.6 is 0 Å². The largest absolute Gasteiger partial charge is 0.507 e. The Morgan fingerprint density at radius 3 is 2.23 bits per heavy atom. The van der Waals surface area contributed by atoms with Crippen molar-refractivity contribution in [2.24, 2.45) is 0 Å². The van der Waals surface area contributed by atoms with Crippen molar-refractivity contribution in [2.45, 2.75) is 32.0 Å². The van der Waals surface area contributed by atoms with Crippen LogP contribution in [0.25, 0.3) is 10.8 Å². The molecule has 0 bridgehead atoms. The van der Waals surface area contributed by atoms with Crippen molar-refractivity contribution in [1.29, 1.82) is 0 Å². The molecule has 0 spiro atoms. The van der Waals surface area contributed by atoms with Crippen LogP contribution in [0.5, 0.6) is 11.5 Å². The highest BCUT2D eigenvalue weighted by atomic mass is 16.6. The van der Waals surface area contributed by atoms with Crippen LogP contribution in [0, 0.1) is 0 Å². The summed E-state index contributed by atoms with van der Waals surface area (Å²) >= 11 is 0. The fourth-order valence-corrected chi connectivity index (χ4v) is 4.34. The highest BCUT2D eigenvalue weighted by Crippen LogP contribution is 2.36. The molecule has 0 heterocycles. The van der Waals surface area contributed by atoms with Crippen LogP contribution in [0.4, 0.5) is 10.5 Å². The molecule has 0 aliphatic rings. The second-order valence-corrected chi connectivity index (χ2v) is 9.09. The zero-order valence-corrected chi connectivity index (χ0v) is 21.8. The second-order valence-electron chi connectivity index (χ2n) is 9.09. The predicted molar refractivity (Wildman–Crippen MR) is 152 cm³/mol. The average molecular weight is 540 g/mol. The number of para-hydroxylation sites is 1. The van der Waals surface area contributed by atoms with Gasteiger partial charge in [-0.05, 0) is 67.6 Å². The van der Waals surface area contributed by atoms with E-state index in [0.29, 0.717) is 46.2 Å². The molecule has 0 fully saturated rings. The van der Waals surface area contributed by atoms with Gasteiger partial charge in [0.15, 0.2) is 11.9 Å². The van der Waals surface area contributed by atoms with Gasteiger partial charge < -0.3 is 19.7 Å². The molecule has 0 aliphatic carbocycles. The van der Waals surface area contributed by atoms with Crippen molar-refractivity contribution in [2.75, 3.05) is 5.32 Å². The number of carbonyl (C=O) groups is 3. The summed E-state index contributed by atoms with van der Waals surface area (Å²) in [4.78, 5) is 35.8. The Kier molecular flexibility index (Phi) is 9.15. The lowest BCUT2D eigenvalue weighted by atomic mass is 9.94. The fourth-order valence-electron chi connectivity index (χ4n) is 4.34. The summed E-state index contributed by atoms with van der Waals surface area (Å²) in [5, 5.41) is 23.4. The molecule has 8 heteroatoms. The number of hydrogen-bond acceptors (Lipinski definition) is 6. The van der Waals surface area contributed by atoms with Crippen LogP contribution in [0.2, 0.25) is 0 Å². The Hall–Kier alpha value is -5.11. The Labute approximate surface area is 231 Å². The van der Waals surface area contributed by atoms with Crippen LogP contribution < -0.4 is 10.1 Å². The van der Waals surface area contributed by atoms with E-state index in [1.165, 1.54) is 19.1 Å². The number of phenolic OH excluding ortho intramolecular Hbond substituents is 1. The highest BCUT2D eigenvalue weighted by Gasteiger charge is 2.31. The van der Waals surface area contributed by atoms with Crippen molar-refractivity contribution in [1.82, 2.24) is 0 Å². The molecule has 204 valence electrons. The van der Waals surface area contributed by atoms with E-state index in [4.69, 9.17) is 14.6 Å². The number of hydrogen-bond donors (Lipinski definition) is 3. The first-order valence-corrected chi connectivity index (χ1v) is 12.7. The zero-order chi connectivity index (χ0) is 28.5. The maximum atomic E-state index is 13.2. The molecule has 4 rings (SSSR count). The molecule has 0 saturated carbocycles. The van der Waals surface area contributed by atoms with Gasteiger partial charge in [-0.25, -0.2) is 9.59 Å². The van der Waals surface area contributed by atoms with Crippen LogP contribution in [-0.4, -0.2) is 34.2 Å². The van der Waals surface area contributed by atoms with E-state index in [-0.39, 0.29) is 11.5 Å². The summed E-state index contributed by atoms with van der Waals surface area (Å²) in [6.07, 6.45) is 0.822. The topological polar surface area (TPSA) is 122 Å². The smallest absolute Gasteiger partial charge is 0.412 e. The van der Waals surface area contributed by atoms with Crippen molar-refractivity contribution in [3.63, 3.8) is 0 Å². The number of benzene rings is 4. The summed E-state index contributed by atoms with van der Waals surface area (Å²) < 4.78 is 12.3. The van der Waals surface area contributed by atoms with Gasteiger partial charge in [-0.1, -0.05) is 54.6 Å². The van der Waals surface area contributed by atoms with Crippen molar-refractivity contribution in [3.8, 4) is 11.5 Å². The molecule has 2 atom stereocenters. The van der Waals surface area contributed by atoms with E-state index in [1.54, 1.807) is 54.6 Å². The Balaban J connectivity index is 1.71. The molecule has 0 aliphatic heterocycles. The highest BCUT2D eigenvalue weighted by molar-refractivity contribution is 5.95. The minimum absolute atomic E-state index is 0.0815. The quantitative estimate of drug-likeness (QED) is 0.140. The van der Waals surface area contributed by atoms with Gasteiger partial charge in [-0.2, -0.15) is 0 Å². The molecule has 0 aromatic heterocycles. The average Bonchev–Trinajstić information content (AvgIpc) is 2.95. The van der Waals surface area contributed by atoms with E-state index in [1.807, 2.05) is 30.3 Å². The number of aliphatic carboxylic acids is 1. The third-order valence-corrected chi connectivity index (χ3v) is 6.26. The minimum Gasteiger partial charge on any atom is -0.507 e. The Morgan fingerprint density at radius 1 is 0.875 bits per heavy atom. The summed E-state index contributed by atoms with van der Waals surface area (Å²) in [6.45, 7) is 1.46. The number of fused-ring (bicyclic) bond motifs is 1. The molecule has 0 saturated heterocycles. The molecule has 4 aromatic carbocycles. The van der Waals surface area contributed by atoms with E-state index in [2.05, 4.69) is 5.32 Å². The molecule has 3 N–H and O–H groups in total. The maximum absolute atomic E-state index is 13.2. The first kappa shape index (κ1) is 27.9. The summed E-state index contributed by atoms with van der Waals surface area (Å²) in [5.74, 6) is -0.524. The number of carboxylic acids is 1. The first-order valence-electron chi connectivity index (χ1n) is 12.7. The van der Waals surface area contributed by atoms with Crippen molar-refractivity contribution in [3.05, 3.63) is 114 Å². The molecular weight excluding hydrogens is 510 g/mol. The molecular formula is C32H29NO7. The minimum atomic E-state index is -1.06. The van der Waals surface area contributed by atoms with Gasteiger partial charge in [0.05, 0.1) is 0 Å². The van der Waals surface area contributed by atoms with Gasteiger partial charge in [0.2, 0.25) is 0 Å². The fraction of sp³-hybridized carbons (Fsp3) is 0.156. The van der Waals surface area contributed by atoms with Gasteiger partial charge in [0, 0.05) is 28.3 Å². The number of ketones is 1. The van der Waals surface area contributed by atoms with E-state index >= 15 is 0 Å². The number of phenols is 1. The van der Waals surface area contributed by atoms with E-state index in [0.717, 1.165) is 6.08 Å². The Bertz CT molecular complexity index is 1510. The molecule has 0 radical (unpaired) electrons. The van der Waals surface area contributed by atoms with Gasteiger partial charge in [0.1, 0.15) is 17.6 Å². The lowest BCUT2D eigenvalue weighted by Gasteiger charge is -2.29. The number of nitrogens with one attached hydrogen (secondary N) is 1. The summed E-state index contributed by atoms with van der Waals surface area (Å²) in [5.41, 5.74) is 1.56. The van der Waals surface area contributed by atoms with Crippen molar-refractivity contribution >= 4 is 34.3 Å². The summed E-state index contributed by atoms with van der Waals surface area (Å²) in [7, 11) is 0. The number of carboxylic acid groups (broad SMARTS) is 1. The number of carbonyl (C=O) groups excluding carboxylic acids is 2. The van der Waals surface area contributed by atoms with Crippen LogP contribution in [0.3, 0.4) is 0 Å². The summed E-state index contributed by atoms with van der Waals surface area (Å²) in [6, 6.07) is 25.9. The number of ether oxygens (including phenoxy) is 2.